The molecule has 0 bridgehead atoms. The third-order valence-corrected chi connectivity index (χ3v) is 7.39. The molecule has 0 saturated heterocycles. The Morgan fingerprint density at radius 1 is 0.935 bits per heavy atom. The van der Waals surface area contributed by atoms with E-state index >= 15 is 0 Å². The van der Waals surface area contributed by atoms with E-state index in [4.69, 9.17) is 11.6 Å². The fourth-order valence-corrected chi connectivity index (χ4v) is 4.92. The number of aryl methyl sites for hydroxylation is 1. The van der Waals surface area contributed by atoms with Gasteiger partial charge < -0.3 is 0 Å². The van der Waals surface area contributed by atoms with Crippen molar-refractivity contribution in [3.05, 3.63) is 58.6 Å². The molecule has 0 N–H and O–H groups in total. The van der Waals surface area contributed by atoms with Crippen molar-refractivity contribution in [2.75, 3.05) is 0 Å². The summed E-state index contributed by atoms with van der Waals surface area (Å²) in [5.41, 5.74) is 1.05. The first-order chi connectivity index (χ1) is 14.2. The van der Waals surface area contributed by atoms with Gasteiger partial charge in [-0.2, -0.15) is 13.2 Å². The van der Waals surface area contributed by atoms with Crippen molar-refractivity contribution in [2.24, 2.45) is 16.7 Å². The Bertz CT molecular complexity index is 866. The number of alkyl halides is 3. The summed E-state index contributed by atoms with van der Waals surface area (Å²) >= 11 is 7.79. The first-order valence-electron chi connectivity index (χ1n) is 10.8. The lowest BCUT2D eigenvalue weighted by Gasteiger charge is -2.35. The molecule has 2 rings (SSSR count). The molecule has 0 amide bonds. The van der Waals surface area contributed by atoms with Crippen molar-refractivity contribution >= 4 is 23.4 Å². The van der Waals surface area contributed by atoms with Crippen molar-refractivity contribution in [2.45, 2.75) is 83.2 Å². The summed E-state index contributed by atoms with van der Waals surface area (Å²) < 4.78 is 38.8. The van der Waals surface area contributed by atoms with Crippen LogP contribution in [0.25, 0.3) is 0 Å². The van der Waals surface area contributed by atoms with Crippen LogP contribution in [0.5, 0.6) is 0 Å². The normalized spacial score (nSPS) is 14.0. The van der Waals surface area contributed by atoms with E-state index in [2.05, 4.69) is 41.5 Å². The summed E-state index contributed by atoms with van der Waals surface area (Å²) in [5.74, 6) is 0.651. The predicted octanol–water partition coefficient (Wildman–Crippen LogP) is 9.93. The van der Waals surface area contributed by atoms with E-state index in [0.717, 1.165) is 35.8 Å². The Kier molecular flexibility index (Phi) is 8.60. The molecule has 5 heteroatoms. The van der Waals surface area contributed by atoms with Crippen LogP contribution in [0.15, 0.2) is 52.3 Å². The van der Waals surface area contributed by atoms with E-state index in [-0.39, 0.29) is 5.41 Å². The van der Waals surface area contributed by atoms with E-state index in [9.17, 15) is 13.2 Å². The SMILES string of the molecule is CC(CC(C)(C)CCCc1ccc(Sc2cccc(C(F)(F)F)c2)cc1Cl)C(C)(C)C. The Labute approximate surface area is 195 Å². The minimum atomic E-state index is -4.34. The molecule has 1 unspecified atom stereocenters. The molecule has 172 valence electrons. The Morgan fingerprint density at radius 2 is 1.58 bits per heavy atom. The highest BCUT2D eigenvalue weighted by Crippen LogP contribution is 2.39. The number of benzene rings is 2. The van der Waals surface area contributed by atoms with Crippen molar-refractivity contribution in [1.29, 1.82) is 0 Å². The monoisotopic (exact) mass is 470 g/mol. The number of halogens is 4. The van der Waals surface area contributed by atoms with Crippen LogP contribution in [0, 0.1) is 16.7 Å². The molecule has 0 heterocycles. The lowest BCUT2D eigenvalue weighted by molar-refractivity contribution is -0.137. The van der Waals surface area contributed by atoms with Gasteiger partial charge in [0, 0.05) is 14.8 Å². The van der Waals surface area contributed by atoms with Crippen molar-refractivity contribution in [3.8, 4) is 0 Å². The molecule has 0 aliphatic heterocycles. The molecular formula is C26H34ClF3S. The van der Waals surface area contributed by atoms with Gasteiger partial charge in [-0.25, -0.2) is 0 Å². The fraction of sp³-hybridized carbons (Fsp3) is 0.538. The first kappa shape index (κ1) is 26.1. The van der Waals surface area contributed by atoms with E-state index in [1.807, 2.05) is 18.2 Å². The predicted molar refractivity (Wildman–Crippen MR) is 127 cm³/mol. The van der Waals surface area contributed by atoms with Gasteiger partial charge in [-0.3, -0.25) is 0 Å². The zero-order chi connectivity index (χ0) is 23.4. The van der Waals surface area contributed by atoms with Crippen LogP contribution in [-0.4, -0.2) is 0 Å². The van der Waals surface area contributed by atoms with E-state index < -0.39 is 11.7 Å². The second-order valence-electron chi connectivity index (χ2n) is 10.4. The lowest BCUT2D eigenvalue weighted by atomic mass is 9.71. The number of hydrogen-bond acceptors (Lipinski definition) is 1. The second-order valence-corrected chi connectivity index (χ2v) is 11.9. The molecule has 0 nitrogen and oxygen atoms in total. The third-order valence-electron chi connectivity index (χ3n) is 6.06. The quantitative estimate of drug-likeness (QED) is 0.369. The van der Waals surface area contributed by atoms with Crippen LogP contribution < -0.4 is 0 Å². The molecule has 2 aromatic carbocycles. The minimum absolute atomic E-state index is 0.276. The fourth-order valence-electron chi connectivity index (χ4n) is 3.66. The van der Waals surface area contributed by atoms with Gasteiger partial charge in [0.05, 0.1) is 5.56 Å². The molecule has 0 aromatic heterocycles. The molecular weight excluding hydrogens is 437 g/mol. The average Bonchev–Trinajstić information content (AvgIpc) is 2.62. The maximum atomic E-state index is 12.9. The van der Waals surface area contributed by atoms with E-state index in [1.54, 1.807) is 6.07 Å². The summed E-state index contributed by atoms with van der Waals surface area (Å²) in [6.07, 6.45) is -0.0534. The zero-order valence-corrected chi connectivity index (χ0v) is 20.9. The van der Waals surface area contributed by atoms with Gasteiger partial charge in [-0.05, 0) is 78.3 Å². The van der Waals surface area contributed by atoms with Gasteiger partial charge >= 0.3 is 6.18 Å². The molecule has 0 fully saturated rings. The van der Waals surface area contributed by atoms with Crippen molar-refractivity contribution in [3.63, 3.8) is 0 Å². The van der Waals surface area contributed by atoms with E-state index in [0.29, 0.717) is 21.3 Å². The molecule has 0 spiro atoms. The van der Waals surface area contributed by atoms with Crippen molar-refractivity contribution < 1.29 is 13.2 Å². The molecule has 0 aliphatic rings. The average molecular weight is 471 g/mol. The molecule has 0 radical (unpaired) electrons. The van der Waals surface area contributed by atoms with Gasteiger partial charge in [0.2, 0.25) is 0 Å². The highest BCUT2D eigenvalue weighted by atomic mass is 35.5. The van der Waals surface area contributed by atoms with Gasteiger partial charge in [-0.1, -0.05) is 77.0 Å². The third kappa shape index (κ3) is 8.38. The zero-order valence-electron chi connectivity index (χ0n) is 19.4. The molecule has 31 heavy (non-hydrogen) atoms. The number of hydrogen-bond donors (Lipinski definition) is 0. The Balaban J connectivity index is 1.96. The van der Waals surface area contributed by atoms with Crippen LogP contribution in [0.3, 0.4) is 0 Å². The summed E-state index contributed by atoms with van der Waals surface area (Å²) in [4.78, 5) is 1.39. The van der Waals surface area contributed by atoms with Crippen LogP contribution >= 0.6 is 23.4 Å². The van der Waals surface area contributed by atoms with E-state index in [1.165, 1.54) is 30.3 Å². The highest BCUT2D eigenvalue weighted by molar-refractivity contribution is 7.99. The maximum absolute atomic E-state index is 12.9. The first-order valence-corrected chi connectivity index (χ1v) is 12.0. The minimum Gasteiger partial charge on any atom is -0.166 e. The summed E-state index contributed by atoms with van der Waals surface area (Å²) in [6, 6.07) is 11.2. The summed E-state index contributed by atoms with van der Waals surface area (Å²) in [5, 5.41) is 0.679. The lowest BCUT2D eigenvalue weighted by Crippen LogP contribution is -2.24. The summed E-state index contributed by atoms with van der Waals surface area (Å²) in [6.45, 7) is 13.9. The van der Waals surface area contributed by atoms with Crippen LogP contribution in [0.2, 0.25) is 5.02 Å². The molecule has 2 aromatic rings. The van der Waals surface area contributed by atoms with Gasteiger partial charge in [-0.15, -0.1) is 0 Å². The van der Waals surface area contributed by atoms with Crippen LogP contribution in [-0.2, 0) is 12.6 Å². The van der Waals surface area contributed by atoms with Crippen LogP contribution in [0.1, 0.15) is 71.9 Å². The van der Waals surface area contributed by atoms with Crippen LogP contribution in [0.4, 0.5) is 13.2 Å². The molecule has 0 saturated carbocycles. The molecule has 1 atom stereocenters. The maximum Gasteiger partial charge on any atom is 0.416 e. The second kappa shape index (κ2) is 10.2. The topological polar surface area (TPSA) is 0 Å². The number of rotatable bonds is 8. The standard InChI is InChI=1S/C26H34ClF3S/c1-18(24(2,3)4)17-25(5,6)14-8-9-19-12-13-22(16-23(19)27)31-21-11-7-10-20(15-21)26(28,29)30/h7,10-13,15-16,18H,8-9,14,17H2,1-6H3. The van der Waals surface area contributed by atoms with Gasteiger partial charge in [0.1, 0.15) is 0 Å². The van der Waals surface area contributed by atoms with Gasteiger partial charge in [0.15, 0.2) is 0 Å². The summed E-state index contributed by atoms with van der Waals surface area (Å²) in [7, 11) is 0. The highest BCUT2D eigenvalue weighted by Gasteiger charge is 2.30. The Hall–Kier alpha value is -1.13. The van der Waals surface area contributed by atoms with Gasteiger partial charge in [0.25, 0.3) is 0 Å². The Morgan fingerprint density at radius 3 is 2.16 bits per heavy atom. The van der Waals surface area contributed by atoms with Crippen molar-refractivity contribution in [1.82, 2.24) is 0 Å². The smallest absolute Gasteiger partial charge is 0.166 e. The molecule has 0 aliphatic carbocycles. The largest absolute Gasteiger partial charge is 0.416 e.